The SMILES string of the molecule is Cc1ncc(C(=O)Nc2cccc(Cl)c2C)s1. The number of hydrogen-bond acceptors (Lipinski definition) is 3. The highest BCUT2D eigenvalue weighted by atomic mass is 35.5. The van der Waals surface area contributed by atoms with Gasteiger partial charge in [-0.05, 0) is 31.5 Å². The first-order chi connectivity index (χ1) is 8.08. The van der Waals surface area contributed by atoms with E-state index >= 15 is 0 Å². The third-order valence-corrected chi connectivity index (χ3v) is 3.68. The second-order valence-corrected chi connectivity index (χ2v) is 5.25. The molecule has 1 heterocycles. The summed E-state index contributed by atoms with van der Waals surface area (Å²) in [6.07, 6.45) is 1.58. The topological polar surface area (TPSA) is 42.0 Å². The number of aryl methyl sites for hydroxylation is 1. The van der Waals surface area contributed by atoms with Crippen LogP contribution in [0.4, 0.5) is 5.69 Å². The first-order valence-corrected chi connectivity index (χ1v) is 6.26. The minimum atomic E-state index is -0.152. The van der Waals surface area contributed by atoms with Gasteiger partial charge < -0.3 is 5.32 Å². The van der Waals surface area contributed by atoms with Crippen molar-refractivity contribution in [2.75, 3.05) is 5.32 Å². The van der Waals surface area contributed by atoms with Gasteiger partial charge in [-0.3, -0.25) is 4.79 Å². The Hall–Kier alpha value is -1.39. The van der Waals surface area contributed by atoms with E-state index in [1.807, 2.05) is 26.0 Å². The number of halogens is 1. The summed E-state index contributed by atoms with van der Waals surface area (Å²) in [6.45, 7) is 3.74. The van der Waals surface area contributed by atoms with Crippen LogP contribution >= 0.6 is 22.9 Å². The molecule has 17 heavy (non-hydrogen) atoms. The van der Waals surface area contributed by atoms with E-state index in [-0.39, 0.29) is 5.91 Å². The van der Waals surface area contributed by atoms with Gasteiger partial charge in [0.25, 0.3) is 5.91 Å². The van der Waals surface area contributed by atoms with Crippen LogP contribution in [0.15, 0.2) is 24.4 Å². The molecule has 0 saturated heterocycles. The quantitative estimate of drug-likeness (QED) is 0.901. The van der Waals surface area contributed by atoms with Crippen molar-refractivity contribution in [1.29, 1.82) is 0 Å². The Balaban J connectivity index is 2.21. The lowest BCUT2D eigenvalue weighted by molar-refractivity contribution is 0.103. The zero-order valence-electron chi connectivity index (χ0n) is 9.45. The highest BCUT2D eigenvalue weighted by Crippen LogP contribution is 2.24. The summed E-state index contributed by atoms with van der Waals surface area (Å²) >= 11 is 7.36. The van der Waals surface area contributed by atoms with Crippen LogP contribution < -0.4 is 5.32 Å². The Morgan fingerprint density at radius 2 is 2.18 bits per heavy atom. The molecule has 0 aliphatic carbocycles. The Labute approximate surface area is 108 Å². The Kier molecular flexibility index (Phi) is 3.45. The van der Waals surface area contributed by atoms with E-state index in [1.165, 1.54) is 11.3 Å². The van der Waals surface area contributed by atoms with Crippen LogP contribution in [0.5, 0.6) is 0 Å². The van der Waals surface area contributed by atoms with E-state index in [4.69, 9.17) is 11.6 Å². The Bertz CT molecular complexity index is 565. The molecule has 0 radical (unpaired) electrons. The van der Waals surface area contributed by atoms with Crippen LogP contribution in [0.1, 0.15) is 20.2 Å². The summed E-state index contributed by atoms with van der Waals surface area (Å²) in [4.78, 5) is 16.6. The number of nitrogens with one attached hydrogen (secondary N) is 1. The van der Waals surface area contributed by atoms with Crippen LogP contribution in [0.25, 0.3) is 0 Å². The van der Waals surface area contributed by atoms with Crippen LogP contribution in [-0.2, 0) is 0 Å². The van der Waals surface area contributed by atoms with Gasteiger partial charge in [0.15, 0.2) is 0 Å². The number of rotatable bonds is 2. The highest BCUT2D eigenvalue weighted by Gasteiger charge is 2.11. The summed E-state index contributed by atoms with van der Waals surface area (Å²) in [7, 11) is 0. The van der Waals surface area contributed by atoms with Crippen molar-refractivity contribution in [2.24, 2.45) is 0 Å². The molecule has 0 aliphatic rings. The van der Waals surface area contributed by atoms with Gasteiger partial charge in [0.1, 0.15) is 4.88 Å². The number of anilines is 1. The lowest BCUT2D eigenvalue weighted by Crippen LogP contribution is -2.11. The highest BCUT2D eigenvalue weighted by molar-refractivity contribution is 7.13. The molecular formula is C12H11ClN2OS. The number of thiazole rings is 1. The van der Waals surface area contributed by atoms with Gasteiger partial charge in [-0.1, -0.05) is 17.7 Å². The van der Waals surface area contributed by atoms with Crippen molar-refractivity contribution < 1.29 is 4.79 Å². The summed E-state index contributed by atoms with van der Waals surface area (Å²) in [5, 5.41) is 4.34. The summed E-state index contributed by atoms with van der Waals surface area (Å²) in [5.41, 5.74) is 1.59. The molecule has 1 aromatic heterocycles. The molecular weight excluding hydrogens is 256 g/mol. The number of nitrogens with zero attached hydrogens (tertiary/aromatic N) is 1. The summed E-state index contributed by atoms with van der Waals surface area (Å²) < 4.78 is 0. The maximum absolute atomic E-state index is 11.9. The second kappa shape index (κ2) is 4.85. The molecule has 0 aliphatic heterocycles. The molecule has 0 bridgehead atoms. The maximum atomic E-state index is 11.9. The van der Waals surface area contributed by atoms with Gasteiger partial charge >= 0.3 is 0 Å². The monoisotopic (exact) mass is 266 g/mol. The zero-order valence-corrected chi connectivity index (χ0v) is 11.0. The summed E-state index contributed by atoms with van der Waals surface area (Å²) in [6, 6.07) is 5.43. The predicted molar refractivity (Wildman–Crippen MR) is 71.0 cm³/mol. The van der Waals surface area contributed by atoms with Crippen molar-refractivity contribution in [3.05, 3.63) is 44.9 Å². The Morgan fingerprint density at radius 1 is 1.41 bits per heavy atom. The van der Waals surface area contributed by atoms with Crippen molar-refractivity contribution in [3.63, 3.8) is 0 Å². The van der Waals surface area contributed by atoms with E-state index in [1.54, 1.807) is 12.3 Å². The third kappa shape index (κ3) is 2.65. The lowest BCUT2D eigenvalue weighted by atomic mass is 10.2. The normalized spacial score (nSPS) is 10.3. The fourth-order valence-corrected chi connectivity index (χ4v) is 2.24. The maximum Gasteiger partial charge on any atom is 0.267 e. The molecule has 0 fully saturated rings. The van der Waals surface area contributed by atoms with Gasteiger partial charge in [0.2, 0.25) is 0 Å². The van der Waals surface area contributed by atoms with Gasteiger partial charge in [-0.2, -0.15) is 0 Å². The van der Waals surface area contributed by atoms with Gasteiger partial charge in [-0.15, -0.1) is 11.3 Å². The van der Waals surface area contributed by atoms with Gasteiger partial charge in [0, 0.05) is 10.7 Å². The number of hydrogen-bond donors (Lipinski definition) is 1. The molecule has 3 nitrogen and oxygen atoms in total. The lowest BCUT2D eigenvalue weighted by Gasteiger charge is -2.07. The average molecular weight is 267 g/mol. The van der Waals surface area contributed by atoms with Crippen LogP contribution in [0.2, 0.25) is 5.02 Å². The number of aromatic nitrogens is 1. The molecule has 0 spiro atoms. The third-order valence-electron chi connectivity index (χ3n) is 2.36. The van der Waals surface area contributed by atoms with Crippen LogP contribution in [0, 0.1) is 13.8 Å². The average Bonchev–Trinajstić information content (AvgIpc) is 2.72. The molecule has 2 rings (SSSR count). The molecule has 1 aromatic carbocycles. The van der Waals surface area contributed by atoms with Crippen molar-refractivity contribution in [1.82, 2.24) is 4.98 Å². The number of benzene rings is 1. The molecule has 88 valence electrons. The molecule has 0 saturated carbocycles. The summed E-state index contributed by atoms with van der Waals surface area (Å²) in [5.74, 6) is -0.152. The van der Waals surface area contributed by atoms with Crippen molar-refractivity contribution in [3.8, 4) is 0 Å². The predicted octanol–water partition coefficient (Wildman–Crippen LogP) is 3.67. The van der Waals surface area contributed by atoms with E-state index in [2.05, 4.69) is 10.3 Å². The molecule has 2 aromatic rings. The first kappa shape index (κ1) is 12.1. The van der Waals surface area contributed by atoms with Gasteiger partial charge in [0.05, 0.1) is 11.2 Å². The van der Waals surface area contributed by atoms with Crippen LogP contribution in [-0.4, -0.2) is 10.9 Å². The fourth-order valence-electron chi connectivity index (χ4n) is 1.39. The zero-order chi connectivity index (χ0) is 12.4. The van der Waals surface area contributed by atoms with E-state index < -0.39 is 0 Å². The largest absolute Gasteiger partial charge is 0.321 e. The second-order valence-electron chi connectivity index (χ2n) is 3.61. The molecule has 0 unspecified atom stereocenters. The number of carbonyl (C=O) groups is 1. The van der Waals surface area contributed by atoms with Crippen molar-refractivity contribution in [2.45, 2.75) is 13.8 Å². The molecule has 0 atom stereocenters. The molecule has 1 N–H and O–H groups in total. The first-order valence-electron chi connectivity index (χ1n) is 5.07. The number of amides is 1. The van der Waals surface area contributed by atoms with E-state index in [0.717, 1.165) is 16.3 Å². The standard InChI is InChI=1S/C12H11ClN2OS/c1-7-9(13)4-3-5-10(7)15-12(16)11-6-14-8(2)17-11/h3-6H,1-2H3,(H,15,16). The Morgan fingerprint density at radius 3 is 2.82 bits per heavy atom. The molecule has 5 heteroatoms. The van der Waals surface area contributed by atoms with Gasteiger partial charge in [-0.25, -0.2) is 4.98 Å². The van der Waals surface area contributed by atoms with E-state index in [0.29, 0.717) is 9.90 Å². The smallest absolute Gasteiger partial charge is 0.267 e. The number of carbonyl (C=O) groups excluding carboxylic acids is 1. The molecule has 1 amide bonds. The van der Waals surface area contributed by atoms with Crippen LogP contribution in [0.3, 0.4) is 0 Å². The van der Waals surface area contributed by atoms with E-state index in [9.17, 15) is 4.79 Å². The van der Waals surface area contributed by atoms with Crippen molar-refractivity contribution >= 4 is 34.5 Å². The fraction of sp³-hybridized carbons (Fsp3) is 0.167. The minimum absolute atomic E-state index is 0.152. The minimum Gasteiger partial charge on any atom is -0.321 e.